The number of alkyl halides is 3. The van der Waals surface area contributed by atoms with Crippen LogP contribution in [-0.2, 0) is 0 Å². The molecule has 4 nitrogen and oxygen atoms in total. The fourth-order valence-electron chi connectivity index (χ4n) is 3.01. The van der Waals surface area contributed by atoms with Gasteiger partial charge in [-0.05, 0) is 31.0 Å². The standard InChI is InChI=1S/C16H18F3N3O/c17-16(18,19)23-15-7-6-12(20)8-14(15)11-9-21-22(10-11)13-4-2-1-3-5-13/h6-10,13H,1-5,20H2. The summed E-state index contributed by atoms with van der Waals surface area (Å²) in [5.41, 5.74) is 6.96. The summed E-state index contributed by atoms with van der Waals surface area (Å²) in [4.78, 5) is 0. The van der Waals surface area contributed by atoms with Crippen LogP contribution in [0.5, 0.6) is 5.75 Å². The van der Waals surface area contributed by atoms with Crippen molar-refractivity contribution < 1.29 is 17.9 Å². The average molecular weight is 325 g/mol. The van der Waals surface area contributed by atoms with E-state index in [-0.39, 0.29) is 5.75 Å². The van der Waals surface area contributed by atoms with Crippen LogP contribution in [0.1, 0.15) is 38.1 Å². The Kier molecular flexibility index (Phi) is 4.19. The van der Waals surface area contributed by atoms with Crippen molar-refractivity contribution in [1.82, 2.24) is 9.78 Å². The number of ether oxygens (including phenoxy) is 1. The van der Waals surface area contributed by atoms with Crippen molar-refractivity contribution in [1.29, 1.82) is 0 Å². The number of benzene rings is 1. The Morgan fingerprint density at radius 2 is 1.91 bits per heavy atom. The lowest BCUT2D eigenvalue weighted by atomic mass is 9.96. The van der Waals surface area contributed by atoms with Crippen molar-refractivity contribution in [3.8, 4) is 16.9 Å². The van der Waals surface area contributed by atoms with Crippen molar-refractivity contribution in [3.05, 3.63) is 30.6 Å². The number of hydrogen-bond donors (Lipinski definition) is 1. The predicted molar refractivity (Wildman–Crippen MR) is 80.9 cm³/mol. The zero-order valence-electron chi connectivity index (χ0n) is 12.5. The predicted octanol–water partition coefficient (Wildman–Crippen LogP) is 4.54. The monoisotopic (exact) mass is 325 g/mol. The van der Waals surface area contributed by atoms with Crippen LogP contribution in [0.25, 0.3) is 11.1 Å². The van der Waals surface area contributed by atoms with Crippen LogP contribution in [0.3, 0.4) is 0 Å². The molecule has 1 aliphatic rings. The highest BCUT2D eigenvalue weighted by atomic mass is 19.4. The van der Waals surface area contributed by atoms with Crippen LogP contribution in [0, 0.1) is 0 Å². The van der Waals surface area contributed by atoms with E-state index in [1.54, 1.807) is 12.4 Å². The van der Waals surface area contributed by atoms with Gasteiger partial charge in [-0.3, -0.25) is 4.68 Å². The second-order valence-corrected chi connectivity index (χ2v) is 5.80. The van der Waals surface area contributed by atoms with E-state index in [0.29, 0.717) is 22.9 Å². The Balaban J connectivity index is 1.91. The van der Waals surface area contributed by atoms with Gasteiger partial charge in [0.25, 0.3) is 0 Å². The second-order valence-electron chi connectivity index (χ2n) is 5.80. The second kappa shape index (κ2) is 6.14. The van der Waals surface area contributed by atoms with Gasteiger partial charge in [-0.1, -0.05) is 19.3 Å². The summed E-state index contributed by atoms with van der Waals surface area (Å²) in [7, 11) is 0. The molecule has 0 unspecified atom stereocenters. The molecule has 2 aromatic rings. The van der Waals surface area contributed by atoms with Gasteiger partial charge in [-0.25, -0.2) is 0 Å². The molecule has 1 aliphatic carbocycles. The molecule has 1 heterocycles. The SMILES string of the molecule is Nc1ccc(OC(F)(F)F)c(-c2cnn(C3CCCCC3)c2)c1. The van der Waals surface area contributed by atoms with E-state index in [9.17, 15) is 13.2 Å². The molecule has 0 saturated heterocycles. The molecule has 0 amide bonds. The zero-order chi connectivity index (χ0) is 16.4. The van der Waals surface area contributed by atoms with E-state index in [1.165, 1.54) is 24.6 Å². The average Bonchev–Trinajstić information content (AvgIpc) is 2.98. The molecule has 1 aromatic heterocycles. The summed E-state index contributed by atoms with van der Waals surface area (Å²) in [6.45, 7) is 0. The highest BCUT2D eigenvalue weighted by Gasteiger charge is 2.32. The van der Waals surface area contributed by atoms with Gasteiger partial charge in [0.2, 0.25) is 0 Å². The van der Waals surface area contributed by atoms with Gasteiger partial charge in [0, 0.05) is 23.0 Å². The lowest BCUT2D eigenvalue weighted by molar-refractivity contribution is -0.274. The molecule has 0 atom stereocenters. The van der Waals surface area contributed by atoms with Gasteiger partial charge >= 0.3 is 6.36 Å². The van der Waals surface area contributed by atoms with Gasteiger partial charge in [-0.2, -0.15) is 5.10 Å². The Hall–Kier alpha value is -2.18. The number of halogens is 3. The maximum atomic E-state index is 12.6. The number of rotatable bonds is 3. The number of hydrogen-bond acceptors (Lipinski definition) is 3. The van der Waals surface area contributed by atoms with Crippen LogP contribution in [0.2, 0.25) is 0 Å². The Morgan fingerprint density at radius 1 is 1.17 bits per heavy atom. The van der Waals surface area contributed by atoms with Gasteiger partial charge in [0.15, 0.2) is 0 Å². The zero-order valence-corrected chi connectivity index (χ0v) is 12.5. The summed E-state index contributed by atoms with van der Waals surface area (Å²) < 4.78 is 43.6. The molecule has 2 N–H and O–H groups in total. The number of aromatic nitrogens is 2. The van der Waals surface area contributed by atoms with E-state index < -0.39 is 6.36 Å². The summed E-state index contributed by atoms with van der Waals surface area (Å²) in [6, 6.07) is 4.40. The van der Waals surface area contributed by atoms with Gasteiger partial charge in [0.1, 0.15) is 5.75 Å². The first-order valence-corrected chi connectivity index (χ1v) is 7.62. The molecule has 124 valence electrons. The topological polar surface area (TPSA) is 53.1 Å². The Morgan fingerprint density at radius 3 is 2.61 bits per heavy atom. The molecule has 0 spiro atoms. The Labute approximate surface area is 132 Å². The molecular weight excluding hydrogens is 307 g/mol. The molecule has 1 aromatic carbocycles. The smallest absolute Gasteiger partial charge is 0.405 e. The summed E-state index contributed by atoms with van der Waals surface area (Å²) >= 11 is 0. The number of nitrogen functional groups attached to an aromatic ring is 1. The highest BCUT2D eigenvalue weighted by Crippen LogP contribution is 2.36. The number of anilines is 1. The molecule has 7 heteroatoms. The van der Waals surface area contributed by atoms with Gasteiger partial charge in [0.05, 0.1) is 12.2 Å². The molecular formula is C16H18F3N3O. The molecule has 0 radical (unpaired) electrons. The van der Waals surface area contributed by atoms with Crippen LogP contribution >= 0.6 is 0 Å². The van der Waals surface area contributed by atoms with E-state index in [0.717, 1.165) is 25.7 Å². The first-order valence-electron chi connectivity index (χ1n) is 7.62. The van der Waals surface area contributed by atoms with Crippen LogP contribution in [-0.4, -0.2) is 16.1 Å². The maximum Gasteiger partial charge on any atom is 0.573 e. The molecule has 23 heavy (non-hydrogen) atoms. The van der Waals surface area contributed by atoms with Crippen molar-refractivity contribution in [2.24, 2.45) is 0 Å². The van der Waals surface area contributed by atoms with E-state index in [1.807, 2.05) is 4.68 Å². The minimum Gasteiger partial charge on any atom is -0.405 e. The first-order chi connectivity index (χ1) is 10.9. The first kappa shape index (κ1) is 15.7. The van der Waals surface area contributed by atoms with Crippen molar-refractivity contribution in [3.63, 3.8) is 0 Å². The third-order valence-electron chi connectivity index (χ3n) is 4.09. The molecule has 1 saturated carbocycles. The minimum absolute atomic E-state index is 0.269. The molecule has 0 aliphatic heterocycles. The maximum absolute atomic E-state index is 12.6. The van der Waals surface area contributed by atoms with Crippen molar-refractivity contribution >= 4 is 5.69 Å². The summed E-state index contributed by atoms with van der Waals surface area (Å²) in [5, 5.41) is 4.32. The quantitative estimate of drug-likeness (QED) is 0.843. The van der Waals surface area contributed by atoms with Crippen LogP contribution in [0.15, 0.2) is 30.6 Å². The van der Waals surface area contributed by atoms with Crippen molar-refractivity contribution in [2.75, 3.05) is 5.73 Å². The van der Waals surface area contributed by atoms with Gasteiger partial charge in [-0.15, -0.1) is 13.2 Å². The van der Waals surface area contributed by atoms with Crippen LogP contribution in [0.4, 0.5) is 18.9 Å². The molecule has 0 bridgehead atoms. The lowest BCUT2D eigenvalue weighted by Crippen LogP contribution is -2.17. The molecule has 3 rings (SSSR count). The van der Waals surface area contributed by atoms with Gasteiger partial charge < -0.3 is 10.5 Å². The summed E-state index contributed by atoms with van der Waals surface area (Å²) in [6.07, 6.45) is 4.21. The lowest BCUT2D eigenvalue weighted by Gasteiger charge is -2.21. The third kappa shape index (κ3) is 3.78. The van der Waals surface area contributed by atoms with E-state index >= 15 is 0 Å². The Bertz CT molecular complexity index is 675. The largest absolute Gasteiger partial charge is 0.573 e. The minimum atomic E-state index is -4.75. The normalized spacial score (nSPS) is 16.5. The number of nitrogens with zero attached hydrogens (tertiary/aromatic N) is 2. The highest BCUT2D eigenvalue weighted by molar-refractivity contribution is 5.73. The summed E-state index contributed by atoms with van der Waals surface area (Å²) in [5.74, 6) is -0.269. The third-order valence-corrected chi connectivity index (χ3v) is 4.09. The van der Waals surface area contributed by atoms with E-state index in [4.69, 9.17) is 5.73 Å². The van der Waals surface area contributed by atoms with E-state index in [2.05, 4.69) is 9.84 Å². The van der Waals surface area contributed by atoms with Crippen LogP contribution < -0.4 is 10.5 Å². The van der Waals surface area contributed by atoms with Crippen molar-refractivity contribution in [2.45, 2.75) is 44.5 Å². The fourth-order valence-corrected chi connectivity index (χ4v) is 3.01. The fraction of sp³-hybridized carbons (Fsp3) is 0.438. The number of nitrogens with two attached hydrogens (primary N) is 1. The molecule has 1 fully saturated rings.